The van der Waals surface area contributed by atoms with Gasteiger partial charge >= 0.3 is 0 Å². The third-order valence-electron chi connectivity index (χ3n) is 9.05. The van der Waals surface area contributed by atoms with Gasteiger partial charge in [0.05, 0.1) is 0 Å². The molecule has 1 saturated heterocycles. The summed E-state index contributed by atoms with van der Waals surface area (Å²) in [5.74, 6) is 3.62. The zero-order chi connectivity index (χ0) is 27.0. The fourth-order valence-corrected chi connectivity index (χ4v) is 6.26. The summed E-state index contributed by atoms with van der Waals surface area (Å²) in [5, 5.41) is 16.2. The first-order valence-corrected chi connectivity index (χ1v) is 14.3. The van der Waals surface area contributed by atoms with Crippen LogP contribution >= 0.6 is 0 Å². The molecule has 38 heavy (non-hydrogen) atoms. The Bertz CT molecular complexity index is 1180. The Morgan fingerprint density at radius 2 is 1.87 bits per heavy atom. The van der Waals surface area contributed by atoms with Gasteiger partial charge in [-0.25, -0.2) is 9.97 Å². The summed E-state index contributed by atoms with van der Waals surface area (Å²) in [4.78, 5) is 30.7. The maximum Gasteiger partial charge on any atom is 0.219 e. The number of carbonyl (C=O) groups excluding carboxylic acids is 1. The van der Waals surface area contributed by atoms with Gasteiger partial charge in [0.1, 0.15) is 5.52 Å². The number of rotatable bonds is 7. The van der Waals surface area contributed by atoms with Crippen molar-refractivity contribution in [2.24, 2.45) is 28.6 Å². The summed E-state index contributed by atoms with van der Waals surface area (Å²) in [5.41, 5.74) is 7.38. The molecule has 2 atom stereocenters. The van der Waals surface area contributed by atoms with Crippen molar-refractivity contribution in [1.82, 2.24) is 24.4 Å². The first-order valence-electron chi connectivity index (χ1n) is 14.3. The van der Waals surface area contributed by atoms with Gasteiger partial charge in [0.15, 0.2) is 11.5 Å². The van der Waals surface area contributed by atoms with E-state index < -0.39 is 0 Å². The summed E-state index contributed by atoms with van der Waals surface area (Å²) in [6.45, 7) is 11.2. The monoisotopic (exact) mass is 525 g/mol. The number of fused-ring (bicyclic) bond motifs is 1. The summed E-state index contributed by atoms with van der Waals surface area (Å²) in [7, 11) is 0. The Morgan fingerprint density at radius 3 is 2.47 bits per heavy atom. The lowest BCUT2D eigenvalue weighted by atomic mass is 9.80. The number of oxime groups is 1. The molecule has 2 aliphatic carbocycles. The lowest BCUT2D eigenvalue weighted by Gasteiger charge is -2.40. The van der Waals surface area contributed by atoms with Gasteiger partial charge in [0, 0.05) is 45.2 Å². The number of carbonyl (C=O) groups is 1. The largest absolute Gasteiger partial charge is 0.409 e. The molecule has 2 saturated carbocycles. The smallest absolute Gasteiger partial charge is 0.219 e. The first kappa shape index (κ1) is 26.5. The molecule has 0 radical (unpaired) electrons. The van der Waals surface area contributed by atoms with E-state index in [9.17, 15) is 10.0 Å². The van der Waals surface area contributed by atoms with Crippen LogP contribution in [-0.2, 0) is 11.3 Å². The van der Waals surface area contributed by atoms with Gasteiger partial charge < -0.3 is 30.6 Å². The summed E-state index contributed by atoms with van der Waals surface area (Å²) in [6.07, 6.45) is 8.55. The van der Waals surface area contributed by atoms with Crippen LogP contribution in [0.1, 0.15) is 78.5 Å². The highest BCUT2D eigenvalue weighted by Gasteiger charge is 2.33. The second-order valence-corrected chi connectivity index (χ2v) is 11.8. The predicted molar refractivity (Wildman–Crippen MR) is 148 cm³/mol. The van der Waals surface area contributed by atoms with Crippen LogP contribution in [0, 0.1) is 17.8 Å². The van der Waals surface area contributed by atoms with Gasteiger partial charge in [0.25, 0.3) is 0 Å². The van der Waals surface area contributed by atoms with Gasteiger partial charge in [-0.3, -0.25) is 4.79 Å². The summed E-state index contributed by atoms with van der Waals surface area (Å²) >= 11 is 0. The van der Waals surface area contributed by atoms with Crippen LogP contribution in [0.4, 0.5) is 11.8 Å². The quantitative estimate of drug-likeness (QED) is 0.216. The van der Waals surface area contributed by atoms with E-state index >= 15 is 0 Å². The molecular formula is C27H43N9O2. The molecule has 4 N–H and O–H groups in total. The number of hydrogen-bond acceptors (Lipinski definition) is 8. The molecule has 2 aromatic rings. The third kappa shape index (κ3) is 5.24. The SMILES string of the molecule is CC(=O)N1CCN(c2nc3nc(/C(N)=N/O)nc(N[C@H](C)C4CCC4)c3n2C[C@H]2CC[C@H](C)CC2)[C@H](C)C1. The molecular weight excluding hydrogens is 482 g/mol. The average molecular weight is 526 g/mol. The van der Waals surface area contributed by atoms with Gasteiger partial charge in [-0.1, -0.05) is 31.3 Å². The number of imidazole rings is 1. The van der Waals surface area contributed by atoms with E-state index in [1.54, 1.807) is 6.92 Å². The summed E-state index contributed by atoms with van der Waals surface area (Å²) < 4.78 is 2.31. The van der Waals surface area contributed by atoms with Gasteiger partial charge in [0.2, 0.25) is 23.5 Å². The van der Waals surface area contributed by atoms with E-state index in [0.29, 0.717) is 42.9 Å². The van der Waals surface area contributed by atoms with Crippen molar-refractivity contribution < 1.29 is 10.0 Å². The molecule has 1 amide bonds. The number of nitrogens with zero attached hydrogens (tertiary/aromatic N) is 7. The van der Waals surface area contributed by atoms with E-state index in [2.05, 4.69) is 45.7 Å². The van der Waals surface area contributed by atoms with Crippen LogP contribution < -0.4 is 16.0 Å². The minimum absolute atomic E-state index is 0.104. The third-order valence-corrected chi connectivity index (χ3v) is 9.05. The Hall–Kier alpha value is -3.11. The van der Waals surface area contributed by atoms with Gasteiger partial charge in [-0.05, 0) is 57.3 Å². The van der Waals surface area contributed by atoms with Crippen LogP contribution in [0.5, 0.6) is 0 Å². The maximum absolute atomic E-state index is 12.1. The molecule has 3 fully saturated rings. The molecule has 1 aliphatic heterocycles. The normalized spacial score (nSPS) is 25.9. The van der Waals surface area contributed by atoms with Crippen molar-refractivity contribution in [1.29, 1.82) is 0 Å². The van der Waals surface area contributed by atoms with Crippen molar-refractivity contribution in [3.8, 4) is 0 Å². The van der Waals surface area contributed by atoms with E-state index in [0.717, 1.165) is 23.9 Å². The molecule has 0 bridgehead atoms. The number of nitrogens with two attached hydrogens (primary N) is 1. The van der Waals surface area contributed by atoms with Crippen LogP contribution in [0.3, 0.4) is 0 Å². The Morgan fingerprint density at radius 1 is 1.13 bits per heavy atom. The van der Waals surface area contributed by atoms with E-state index in [1.165, 1.54) is 44.9 Å². The maximum atomic E-state index is 12.1. The molecule has 2 aromatic heterocycles. The zero-order valence-corrected chi connectivity index (χ0v) is 23.2. The van der Waals surface area contributed by atoms with Gasteiger partial charge in [-0.2, -0.15) is 4.98 Å². The Balaban J connectivity index is 1.60. The number of amides is 1. The molecule has 3 aliphatic rings. The topological polar surface area (TPSA) is 138 Å². The molecule has 3 heterocycles. The van der Waals surface area contributed by atoms with Crippen molar-refractivity contribution in [2.45, 2.75) is 91.3 Å². The standard InChI is InChI=1S/C27H43N9O2/c1-16-8-10-20(11-9-16)15-36-22-24(29-18(3)21-6-5-7-21)30-26(23(28)33-38)31-25(22)32-27(36)35-13-12-34(19(4)37)14-17(35)2/h16-18,20-21,38H,5-15H2,1-4H3,(H2,28,33)(H,29,30,31)/t16-,17-,18-,20-/m1/s1. The highest BCUT2D eigenvalue weighted by atomic mass is 16.4. The van der Waals surface area contributed by atoms with Crippen LogP contribution in [-0.4, -0.2) is 73.1 Å². The average Bonchev–Trinajstić information content (AvgIpc) is 3.21. The van der Waals surface area contributed by atoms with Crippen LogP contribution in [0.2, 0.25) is 0 Å². The van der Waals surface area contributed by atoms with E-state index in [-0.39, 0.29) is 29.7 Å². The van der Waals surface area contributed by atoms with Gasteiger partial charge in [-0.15, -0.1) is 0 Å². The molecule has 11 heteroatoms. The van der Waals surface area contributed by atoms with Crippen molar-refractivity contribution in [2.75, 3.05) is 29.9 Å². The highest BCUT2D eigenvalue weighted by Crippen LogP contribution is 2.36. The fraction of sp³-hybridized carbons (Fsp3) is 0.741. The zero-order valence-electron chi connectivity index (χ0n) is 23.2. The lowest BCUT2D eigenvalue weighted by Crippen LogP contribution is -2.54. The molecule has 0 spiro atoms. The molecule has 0 aromatic carbocycles. The van der Waals surface area contributed by atoms with E-state index in [1.807, 2.05) is 4.90 Å². The molecule has 11 nitrogen and oxygen atoms in total. The highest BCUT2D eigenvalue weighted by molar-refractivity contribution is 5.97. The predicted octanol–water partition coefficient (Wildman–Crippen LogP) is 3.40. The molecule has 0 unspecified atom stereocenters. The number of nitrogens with one attached hydrogen (secondary N) is 1. The number of piperazine rings is 1. The van der Waals surface area contributed by atoms with E-state index in [4.69, 9.17) is 15.7 Å². The Labute approximate surface area is 224 Å². The summed E-state index contributed by atoms with van der Waals surface area (Å²) in [6, 6.07) is 0.346. The number of hydrogen-bond donors (Lipinski definition) is 3. The van der Waals surface area contributed by atoms with Crippen molar-refractivity contribution >= 4 is 34.7 Å². The fourth-order valence-electron chi connectivity index (χ4n) is 6.26. The minimum atomic E-state index is -0.132. The molecule has 208 valence electrons. The minimum Gasteiger partial charge on any atom is -0.409 e. The van der Waals surface area contributed by atoms with Crippen molar-refractivity contribution in [3.05, 3.63) is 5.82 Å². The number of aromatic nitrogens is 4. The van der Waals surface area contributed by atoms with Crippen LogP contribution in [0.25, 0.3) is 11.2 Å². The number of amidine groups is 1. The second kappa shape index (κ2) is 10.9. The first-order chi connectivity index (χ1) is 18.2. The second-order valence-electron chi connectivity index (χ2n) is 11.8. The van der Waals surface area contributed by atoms with Crippen molar-refractivity contribution in [3.63, 3.8) is 0 Å². The molecule has 5 rings (SSSR count). The lowest BCUT2D eigenvalue weighted by molar-refractivity contribution is -0.129. The number of anilines is 2. The van der Waals surface area contributed by atoms with Crippen LogP contribution in [0.15, 0.2) is 5.16 Å². The Kier molecular flexibility index (Phi) is 7.63.